The minimum absolute atomic E-state index is 0.0596. The van der Waals surface area contributed by atoms with Gasteiger partial charge in [0.15, 0.2) is 11.5 Å². The predicted octanol–water partition coefficient (Wildman–Crippen LogP) is 4.23. The largest absolute Gasteiger partial charge is 0.493 e. The van der Waals surface area contributed by atoms with E-state index in [9.17, 15) is 4.79 Å². The number of anilines is 1. The maximum Gasteiger partial charge on any atom is 0.246 e. The zero-order chi connectivity index (χ0) is 25.5. The molecule has 1 amide bonds. The second-order valence-corrected chi connectivity index (χ2v) is 9.02. The Kier molecular flexibility index (Phi) is 8.71. The van der Waals surface area contributed by atoms with Crippen molar-refractivity contribution in [3.63, 3.8) is 0 Å². The van der Waals surface area contributed by atoms with E-state index in [0.717, 1.165) is 40.0 Å². The third-order valence-corrected chi connectivity index (χ3v) is 5.84. The summed E-state index contributed by atoms with van der Waals surface area (Å²) < 4.78 is 10.7. The average molecular weight is 477 g/mol. The lowest BCUT2D eigenvalue weighted by molar-refractivity contribution is -0.126. The lowest BCUT2D eigenvalue weighted by atomic mass is 10.1. The molecule has 0 radical (unpaired) electrons. The van der Waals surface area contributed by atoms with Crippen LogP contribution >= 0.6 is 0 Å². The molecule has 186 valence electrons. The van der Waals surface area contributed by atoms with Crippen molar-refractivity contribution in [2.45, 2.75) is 13.5 Å². The fourth-order valence-corrected chi connectivity index (χ4v) is 3.91. The zero-order valence-corrected chi connectivity index (χ0v) is 21.8. The van der Waals surface area contributed by atoms with Gasteiger partial charge in [-0.05, 0) is 56.4 Å². The number of para-hydroxylation sites is 1. The SMILES string of the molecule is COc1ccc(C=CC(=O)N(CCN(C)C)Cc2cc3cccc(C)c3nc2N(C)C)cc1OC. The summed E-state index contributed by atoms with van der Waals surface area (Å²) in [7, 11) is 11.2. The van der Waals surface area contributed by atoms with Gasteiger partial charge in [0.1, 0.15) is 5.82 Å². The van der Waals surface area contributed by atoms with Crippen LogP contribution in [0.15, 0.2) is 48.5 Å². The number of hydrogen-bond donors (Lipinski definition) is 0. The van der Waals surface area contributed by atoms with Crippen LogP contribution in [0.5, 0.6) is 11.5 Å². The Balaban J connectivity index is 1.92. The van der Waals surface area contributed by atoms with Gasteiger partial charge in [0, 0.05) is 50.8 Å². The highest BCUT2D eigenvalue weighted by molar-refractivity contribution is 5.92. The summed E-state index contributed by atoms with van der Waals surface area (Å²) in [4.78, 5) is 24.2. The Morgan fingerprint density at radius 3 is 2.37 bits per heavy atom. The molecular weight excluding hydrogens is 440 g/mol. The first-order chi connectivity index (χ1) is 16.7. The van der Waals surface area contributed by atoms with Crippen LogP contribution in [-0.4, -0.2) is 76.2 Å². The molecule has 0 atom stereocenters. The van der Waals surface area contributed by atoms with Crippen molar-refractivity contribution in [1.29, 1.82) is 0 Å². The summed E-state index contributed by atoms with van der Waals surface area (Å²) in [5.74, 6) is 2.09. The number of aryl methyl sites for hydroxylation is 1. The molecule has 0 bridgehead atoms. The maximum atomic E-state index is 13.3. The minimum Gasteiger partial charge on any atom is -0.493 e. The second-order valence-electron chi connectivity index (χ2n) is 9.02. The Hall–Kier alpha value is -3.58. The number of benzene rings is 2. The maximum absolute atomic E-state index is 13.3. The Labute approximate surface area is 208 Å². The summed E-state index contributed by atoms with van der Waals surface area (Å²) in [6.07, 6.45) is 3.42. The van der Waals surface area contributed by atoms with Gasteiger partial charge in [-0.25, -0.2) is 4.98 Å². The fraction of sp³-hybridized carbons (Fsp3) is 0.357. The number of carbonyl (C=O) groups is 1. The molecule has 0 unspecified atom stereocenters. The molecule has 0 saturated heterocycles. The van der Waals surface area contributed by atoms with Gasteiger partial charge in [-0.1, -0.05) is 24.3 Å². The Morgan fingerprint density at radius 1 is 0.971 bits per heavy atom. The van der Waals surface area contributed by atoms with Gasteiger partial charge in [0.2, 0.25) is 5.91 Å². The summed E-state index contributed by atoms with van der Waals surface area (Å²) in [6, 6.07) is 13.9. The number of fused-ring (bicyclic) bond motifs is 1. The number of nitrogens with zero attached hydrogens (tertiary/aromatic N) is 4. The topological polar surface area (TPSA) is 58.1 Å². The van der Waals surface area contributed by atoms with E-state index in [4.69, 9.17) is 14.5 Å². The Morgan fingerprint density at radius 2 is 1.71 bits per heavy atom. The summed E-state index contributed by atoms with van der Waals surface area (Å²) in [5.41, 5.74) is 4.00. The van der Waals surface area contributed by atoms with Crippen LogP contribution < -0.4 is 14.4 Å². The number of hydrogen-bond acceptors (Lipinski definition) is 6. The molecule has 3 aromatic rings. The molecule has 35 heavy (non-hydrogen) atoms. The van der Waals surface area contributed by atoms with Crippen molar-refractivity contribution >= 4 is 28.7 Å². The van der Waals surface area contributed by atoms with Crippen LogP contribution in [-0.2, 0) is 11.3 Å². The van der Waals surface area contributed by atoms with Crippen molar-refractivity contribution in [3.8, 4) is 11.5 Å². The quantitative estimate of drug-likeness (QED) is 0.408. The van der Waals surface area contributed by atoms with Gasteiger partial charge in [-0.15, -0.1) is 0 Å². The lowest BCUT2D eigenvalue weighted by Gasteiger charge is -2.26. The Bertz CT molecular complexity index is 1200. The van der Waals surface area contributed by atoms with Gasteiger partial charge in [0.05, 0.1) is 19.7 Å². The first kappa shape index (κ1) is 26.0. The van der Waals surface area contributed by atoms with E-state index in [1.54, 1.807) is 20.3 Å². The number of amides is 1. The van der Waals surface area contributed by atoms with Gasteiger partial charge in [-0.3, -0.25) is 4.79 Å². The molecule has 7 heteroatoms. The van der Waals surface area contributed by atoms with Gasteiger partial charge < -0.3 is 24.2 Å². The monoisotopic (exact) mass is 476 g/mol. The van der Waals surface area contributed by atoms with Gasteiger partial charge in [-0.2, -0.15) is 0 Å². The molecule has 0 fully saturated rings. The van der Waals surface area contributed by atoms with E-state index < -0.39 is 0 Å². The van der Waals surface area contributed by atoms with Crippen molar-refractivity contribution in [1.82, 2.24) is 14.8 Å². The normalized spacial score (nSPS) is 11.3. The molecule has 0 N–H and O–H groups in total. The molecule has 3 rings (SSSR count). The number of likely N-dealkylation sites (N-methyl/N-ethyl adjacent to an activating group) is 1. The molecule has 0 saturated carbocycles. The number of rotatable bonds is 10. The van der Waals surface area contributed by atoms with Crippen LogP contribution in [0.3, 0.4) is 0 Å². The molecule has 0 aliphatic rings. The number of aromatic nitrogens is 1. The predicted molar refractivity (Wildman–Crippen MR) is 143 cm³/mol. The van der Waals surface area contributed by atoms with Crippen molar-refractivity contribution in [3.05, 3.63) is 65.2 Å². The lowest BCUT2D eigenvalue weighted by Crippen LogP contribution is -2.35. The first-order valence-electron chi connectivity index (χ1n) is 11.6. The minimum atomic E-state index is -0.0596. The van der Waals surface area contributed by atoms with Crippen molar-refractivity contribution < 1.29 is 14.3 Å². The highest BCUT2D eigenvalue weighted by Gasteiger charge is 2.17. The molecular formula is C28H36N4O3. The van der Waals surface area contributed by atoms with E-state index in [1.165, 1.54) is 0 Å². The van der Waals surface area contributed by atoms with Crippen molar-refractivity contribution in [2.75, 3.05) is 60.4 Å². The van der Waals surface area contributed by atoms with Gasteiger partial charge >= 0.3 is 0 Å². The highest BCUT2D eigenvalue weighted by atomic mass is 16.5. The molecule has 1 aromatic heterocycles. The van der Waals surface area contributed by atoms with Crippen molar-refractivity contribution in [2.24, 2.45) is 0 Å². The summed E-state index contributed by atoms with van der Waals surface area (Å²) in [5, 5.41) is 1.08. The smallest absolute Gasteiger partial charge is 0.246 e. The summed E-state index contributed by atoms with van der Waals surface area (Å²) >= 11 is 0. The molecule has 2 aromatic carbocycles. The third-order valence-electron chi connectivity index (χ3n) is 5.84. The van der Waals surface area contributed by atoms with E-state index in [2.05, 4.69) is 30.0 Å². The molecule has 0 spiro atoms. The molecule has 1 heterocycles. The van der Waals surface area contributed by atoms with Gasteiger partial charge in [0.25, 0.3) is 0 Å². The molecule has 0 aliphatic heterocycles. The molecule has 0 aliphatic carbocycles. The second kappa shape index (κ2) is 11.7. The number of pyridine rings is 1. The molecule has 7 nitrogen and oxygen atoms in total. The number of methoxy groups -OCH3 is 2. The number of carbonyl (C=O) groups excluding carboxylic acids is 1. The van der Waals surface area contributed by atoms with Crippen LogP contribution in [0.25, 0.3) is 17.0 Å². The average Bonchev–Trinajstić information content (AvgIpc) is 2.84. The standard InChI is InChI=1S/C28H36N4O3/c1-20-9-8-10-22-18-23(28(31(4)5)29-27(20)22)19-32(16-15-30(2)3)26(33)14-12-21-11-13-24(34-6)25(17-21)35-7/h8-14,17-18H,15-16,19H2,1-7H3. The van der Waals surface area contributed by atoms with Crippen LogP contribution in [0, 0.1) is 6.92 Å². The van der Waals surface area contributed by atoms with Crippen LogP contribution in [0.1, 0.15) is 16.7 Å². The van der Waals surface area contributed by atoms with E-state index in [0.29, 0.717) is 24.6 Å². The highest BCUT2D eigenvalue weighted by Crippen LogP contribution is 2.28. The van der Waals surface area contributed by atoms with E-state index >= 15 is 0 Å². The van der Waals surface area contributed by atoms with Crippen LogP contribution in [0.2, 0.25) is 0 Å². The summed E-state index contributed by atoms with van der Waals surface area (Å²) in [6.45, 7) is 3.89. The van der Waals surface area contributed by atoms with Crippen LogP contribution in [0.4, 0.5) is 5.82 Å². The zero-order valence-electron chi connectivity index (χ0n) is 21.8. The first-order valence-corrected chi connectivity index (χ1v) is 11.6. The number of ether oxygens (including phenoxy) is 2. The van der Waals surface area contributed by atoms with E-state index in [1.807, 2.05) is 68.3 Å². The third kappa shape index (κ3) is 6.51. The fourth-order valence-electron chi connectivity index (χ4n) is 3.91. The van der Waals surface area contributed by atoms with E-state index in [-0.39, 0.29) is 5.91 Å².